The maximum Gasteiger partial charge on any atom is 0.321 e. The zero-order chi connectivity index (χ0) is 13.5. The van der Waals surface area contributed by atoms with Crippen LogP contribution in [-0.4, -0.2) is 50.0 Å². The monoisotopic (exact) mass is 305 g/mol. The van der Waals surface area contributed by atoms with Gasteiger partial charge in [0.05, 0.1) is 12.9 Å². The van der Waals surface area contributed by atoms with Crippen LogP contribution < -0.4 is 11.1 Å². The highest BCUT2D eigenvalue weighted by atomic mass is 32.5. The summed E-state index contributed by atoms with van der Waals surface area (Å²) in [7, 11) is -3.46. The molecule has 0 spiro atoms. The van der Waals surface area contributed by atoms with Gasteiger partial charge in [0.15, 0.2) is 0 Å². The van der Waals surface area contributed by atoms with E-state index in [0.29, 0.717) is 13.1 Å². The molecular formula is C6H16N3O5PS2. The Morgan fingerprint density at radius 3 is 2.59 bits per heavy atom. The maximum absolute atomic E-state index is 10.7. The molecule has 17 heavy (non-hydrogen) atoms. The lowest BCUT2D eigenvalue weighted by atomic mass is 10.4. The van der Waals surface area contributed by atoms with Gasteiger partial charge in [-0.2, -0.15) is 4.40 Å². The van der Waals surface area contributed by atoms with Crippen molar-refractivity contribution in [1.82, 2.24) is 5.32 Å². The normalized spacial score (nSPS) is 13.9. The van der Waals surface area contributed by atoms with Gasteiger partial charge in [-0.1, -0.05) is 0 Å². The Morgan fingerprint density at radius 2 is 2.12 bits per heavy atom. The molecule has 0 radical (unpaired) electrons. The second-order valence-electron chi connectivity index (χ2n) is 3.14. The molecule has 0 bridgehead atoms. The molecular weight excluding hydrogens is 289 g/mol. The quantitative estimate of drug-likeness (QED) is 0.184. The molecule has 0 aliphatic carbocycles. The first-order chi connectivity index (χ1) is 7.60. The van der Waals surface area contributed by atoms with Crippen molar-refractivity contribution in [3.05, 3.63) is 0 Å². The van der Waals surface area contributed by atoms with Gasteiger partial charge in [-0.3, -0.25) is 0 Å². The van der Waals surface area contributed by atoms with Crippen LogP contribution in [-0.2, 0) is 26.4 Å². The summed E-state index contributed by atoms with van der Waals surface area (Å²) in [6.45, 7) is -2.81. The third-order valence-electron chi connectivity index (χ3n) is 1.38. The maximum atomic E-state index is 10.7. The molecule has 11 heteroatoms. The van der Waals surface area contributed by atoms with E-state index in [1.54, 1.807) is 0 Å². The molecule has 102 valence electrons. The van der Waals surface area contributed by atoms with Gasteiger partial charge in [-0.25, -0.2) is 8.42 Å². The summed E-state index contributed by atoms with van der Waals surface area (Å²) in [5, 5.41) is 2.84. The third-order valence-corrected chi connectivity index (χ3v) is 2.78. The minimum atomic E-state index is -3.60. The topological polar surface area (TPSA) is 134 Å². The second-order valence-corrected chi connectivity index (χ2v) is 7.45. The Morgan fingerprint density at radius 1 is 1.53 bits per heavy atom. The van der Waals surface area contributed by atoms with Gasteiger partial charge in [-0.05, 0) is 11.8 Å². The van der Waals surface area contributed by atoms with Crippen molar-refractivity contribution < 1.29 is 22.7 Å². The molecule has 0 saturated heterocycles. The van der Waals surface area contributed by atoms with E-state index in [9.17, 15) is 8.42 Å². The van der Waals surface area contributed by atoms with Crippen molar-refractivity contribution in [3.8, 4) is 0 Å². The number of nitrogens with two attached hydrogens (primary N) is 1. The number of nitrogens with zero attached hydrogens (tertiary/aromatic N) is 1. The highest BCUT2D eigenvalue weighted by molar-refractivity contribution is 8.06. The Balaban J connectivity index is 3.67. The SMILES string of the molecule is CS(=O)(=O)N=C(N)CCNCCOP(O)(O)=S. The lowest BCUT2D eigenvalue weighted by Crippen LogP contribution is -2.25. The summed E-state index contributed by atoms with van der Waals surface area (Å²) in [5.41, 5.74) is 5.35. The molecule has 0 aliphatic rings. The van der Waals surface area contributed by atoms with Crippen molar-refractivity contribution >= 4 is 34.4 Å². The number of hydrogen-bond donors (Lipinski definition) is 4. The zero-order valence-electron chi connectivity index (χ0n) is 9.24. The van der Waals surface area contributed by atoms with Crippen LogP contribution in [0.4, 0.5) is 0 Å². The van der Waals surface area contributed by atoms with Crippen molar-refractivity contribution in [3.63, 3.8) is 0 Å². The van der Waals surface area contributed by atoms with Crippen LogP contribution in [0.15, 0.2) is 4.40 Å². The smallest absolute Gasteiger partial charge is 0.321 e. The summed E-state index contributed by atoms with van der Waals surface area (Å²) >= 11 is 4.23. The zero-order valence-corrected chi connectivity index (χ0v) is 11.8. The molecule has 8 nitrogen and oxygen atoms in total. The fourth-order valence-electron chi connectivity index (χ4n) is 0.837. The molecule has 0 heterocycles. The molecule has 0 saturated carbocycles. The summed E-state index contributed by atoms with van der Waals surface area (Å²) < 4.78 is 29.2. The van der Waals surface area contributed by atoms with E-state index < -0.39 is 16.7 Å². The number of nitrogens with one attached hydrogen (secondary N) is 1. The Bertz CT molecular complexity index is 404. The van der Waals surface area contributed by atoms with Gasteiger partial charge in [0.2, 0.25) is 0 Å². The lowest BCUT2D eigenvalue weighted by molar-refractivity contribution is 0.252. The summed E-state index contributed by atoms with van der Waals surface area (Å²) in [6, 6.07) is 0. The minimum absolute atomic E-state index is 0.00958. The molecule has 0 unspecified atom stereocenters. The van der Waals surface area contributed by atoms with Crippen LogP contribution in [0.25, 0.3) is 0 Å². The van der Waals surface area contributed by atoms with Gasteiger partial charge in [-0.15, -0.1) is 0 Å². The van der Waals surface area contributed by atoms with E-state index in [4.69, 9.17) is 15.5 Å². The number of sulfonamides is 1. The fourth-order valence-corrected chi connectivity index (χ4v) is 1.91. The van der Waals surface area contributed by atoms with Crippen molar-refractivity contribution in [2.24, 2.45) is 10.1 Å². The Hall–Kier alpha value is -0.0900. The highest BCUT2D eigenvalue weighted by Gasteiger charge is 2.06. The van der Waals surface area contributed by atoms with Gasteiger partial charge in [0, 0.05) is 19.5 Å². The predicted molar refractivity (Wildman–Crippen MR) is 68.6 cm³/mol. The highest BCUT2D eigenvalue weighted by Crippen LogP contribution is 2.35. The Kier molecular flexibility index (Phi) is 7.33. The van der Waals surface area contributed by atoms with Gasteiger partial charge >= 0.3 is 6.72 Å². The third kappa shape index (κ3) is 13.8. The van der Waals surface area contributed by atoms with Crippen LogP contribution in [0.5, 0.6) is 0 Å². The van der Waals surface area contributed by atoms with Gasteiger partial charge < -0.3 is 25.4 Å². The fraction of sp³-hybridized carbons (Fsp3) is 0.833. The number of amidine groups is 1. The molecule has 0 fully saturated rings. The summed E-state index contributed by atoms with van der Waals surface area (Å²) in [5.74, 6) is 0.00958. The van der Waals surface area contributed by atoms with Crippen LogP contribution >= 0.6 is 6.72 Å². The predicted octanol–water partition coefficient (Wildman–Crippen LogP) is -1.49. The molecule has 0 rings (SSSR count). The molecule has 5 N–H and O–H groups in total. The first-order valence-electron chi connectivity index (χ1n) is 4.55. The van der Waals surface area contributed by atoms with Crippen LogP contribution in [0.1, 0.15) is 6.42 Å². The van der Waals surface area contributed by atoms with Crippen LogP contribution in [0, 0.1) is 0 Å². The van der Waals surface area contributed by atoms with Crippen molar-refractivity contribution in [1.29, 1.82) is 0 Å². The van der Waals surface area contributed by atoms with Crippen molar-refractivity contribution in [2.75, 3.05) is 26.0 Å². The minimum Gasteiger partial charge on any atom is -0.386 e. The second kappa shape index (κ2) is 7.37. The molecule has 0 amide bonds. The first-order valence-corrected chi connectivity index (χ1v) is 9.02. The average molecular weight is 305 g/mol. The average Bonchev–Trinajstić information content (AvgIpc) is 2.06. The number of hydrogen-bond acceptors (Lipinski definition) is 5. The van der Waals surface area contributed by atoms with Crippen molar-refractivity contribution in [2.45, 2.75) is 6.42 Å². The first kappa shape index (κ1) is 16.9. The standard InChI is InChI=1S/C6H16N3O5PS2/c1-17(12,13)9-6(7)2-3-8-4-5-14-15(10,11)16/h8H,2-5H2,1H3,(H2,7,9)(H2,10,11,16). The summed E-state index contributed by atoms with van der Waals surface area (Å²) in [4.78, 5) is 17.4. The lowest BCUT2D eigenvalue weighted by Gasteiger charge is -2.08. The van der Waals surface area contributed by atoms with Crippen LogP contribution in [0.2, 0.25) is 0 Å². The molecule has 0 aromatic heterocycles. The number of rotatable bonds is 8. The van der Waals surface area contributed by atoms with Gasteiger partial charge in [0.25, 0.3) is 10.0 Å². The van der Waals surface area contributed by atoms with E-state index in [-0.39, 0.29) is 18.9 Å². The Labute approximate surface area is 105 Å². The molecule has 0 atom stereocenters. The van der Waals surface area contributed by atoms with E-state index >= 15 is 0 Å². The largest absolute Gasteiger partial charge is 0.386 e. The van der Waals surface area contributed by atoms with Gasteiger partial charge in [0.1, 0.15) is 5.84 Å². The van der Waals surface area contributed by atoms with E-state index in [2.05, 4.69) is 26.0 Å². The van der Waals surface area contributed by atoms with E-state index in [1.165, 1.54) is 0 Å². The molecule has 0 aromatic carbocycles. The van der Waals surface area contributed by atoms with E-state index in [1.807, 2.05) is 0 Å². The molecule has 0 aromatic rings. The van der Waals surface area contributed by atoms with Crippen LogP contribution in [0.3, 0.4) is 0 Å². The van der Waals surface area contributed by atoms with E-state index in [0.717, 1.165) is 6.26 Å². The summed E-state index contributed by atoms with van der Waals surface area (Å²) in [6.07, 6.45) is 1.22. The molecule has 0 aliphatic heterocycles.